The van der Waals surface area contributed by atoms with Crippen LogP contribution < -0.4 is 4.90 Å². The summed E-state index contributed by atoms with van der Waals surface area (Å²) in [6, 6.07) is 4.03. The molecule has 0 aliphatic carbocycles. The van der Waals surface area contributed by atoms with Gasteiger partial charge < -0.3 is 9.84 Å². The highest BCUT2D eigenvalue weighted by molar-refractivity contribution is 6.31. The van der Waals surface area contributed by atoms with Gasteiger partial charge in [-0.3, -0.25) is 4.90 Å². The number of anilines is 1. The predicted octanol–water partition coefficient (Wildman–Crippen LogP) is 2.19. The Balaban J connectivity index is 2.17. The van der Waals surface area contributed by atoms with E-state index in [0.717, 1.165) is 0 Å². The van der Waals surface area contributed by atoms with E-state index in [1.165, 1.54) is 23.1 Å². The monoisotopic (exact) mass is 259 g/mol. The van der Waals surface area contributed by atoms with Crippen molar-refractivity contribution in [3.8, 4) is 0 Å². The molecule has 1 amide bonds. The summed E-state index contributed by atoms with van der Waals surface area (Å²) in [5, 5.41) is 8.84. The van der Waals surface area contributed by atoms with E-state index in [4.69, 9.17) is 21.4 Å². The van der Waals surface area contributed by atoms with Gasteiger partial charge in [0.15, 0.2) is 0 Å². The molecule has 1 saturated heterocycles. The van der Waals surface area contributed by atoms with Gasteiger partial charge >= 0.3 is 6.09 Å². The van der Waals surface area contributed by atoms with E-state index in [-0.39, 0.29) is 11.6 Å². The van der Waals surface area contributed by atoms with Crippen LogP contribution in [0.25, 0.3) is 0 Å². The topological polar surface area (TPSA) is 49.8 Å². The summed E-state index contributed by atoms with van der Waals surface area (Å²) >= 11 is 5.64. The van der Waals surface area contributed by atoms with Crippen LogP contribution in [0.1, 0.15) is 6.42 Å². The molecule has 4 nitrogen and oxygen atoms in total. The summed E-state index contributed by atoms with van der Waals surface area (Å²) in [5.74, 6) is -0.533. The van der Waals surface area contributed by atoms with Gasteiger partial charge in [-0.2, -0.15) is 0 Å². The molecule has 0 bridgehead atoms. The lowest BCUT2D eigenvalue weighted by molar-refractivity contribution is 0.0453. The molecular weight excluding hydrogens is 249 g/mol. The Morgan fingerprint density at radius 1 is 1.59 bits per heavy atom. The van der Waals surface area contributed by atoms with Gasteiger partial charge in [0.05, 0.1) is 11.6 Å². The number of ether oxygens (including phenoxy) is 1. The molecule has 1 aromatic rings. The number of carbonyl (C=O) groups is 1. The first-order valence-electron chi connectivity index (χ1n) is 5.16. The Hall–Kier alpha value is -1.33. The highest BCUT2D eigenvalue weighted by atomic mass is 35.5. The summed E-state index contributed by atoms with van der Waals surface area (Å²) in [6.07, 6.45) is -0.496. The van der Waals surface area contributed by atoms with E-state index >= 15 is 0 Å². The molecule has 1 aromatic carbocycles. The second-order valence-corrected chi connectivity index (χ2v) is 4.13. The van der Waals surface area contributed by atoms with E-state index in [1.54, 1.807) is 0 Å². The SMILES string of the molecule is O=C1OC(CO)CCN1c1ccc(F)c(Cl)c1. The molecule has 1 atom stereocenters. The number of aliphatic hydroxyl groups is 1. The average Bonchev–Trinajstić information content (AvgIpc) is 2.32. The summed E-state index contributed by atoms with van der Waals surface area (Å²) in [4.78, 5) is 13.0. The number of amides is 1. The van der Waals surface area contributed by atoms with Crippen molar-refractivity contribution in [2.24, 2.45) is 0 Å². The molecule has 0 radical (unpaired) electrons. The fourth-order valence-electron chi connectivity index (χ4n) is 1.65. The van der Waals surface area contributed by atoms with Gasteiger partial charge in [0.25, 0.3) is 0 Å². The smallest absolute Gasteiger partial charge is 0.414 e. The Morgan fingerprint density at radius 3 is 2.94 bits per heavy atom. The van der Waals surface area contributed by atoms with Gasteiger partial charge in [-0.25, -0.2) is 9.18 Å². The third kappa shape index (κ3) is 2.50. The van der Waals surface area contributed by atoms with E-state index < -0.39 is 18.0 Å². The summed E-state index contributed by atoms with van der Waals surface area (Å²) in [6.45, 7) is 0.218. The minimum Gasteiger partial charge on any atom is -0.443 e. The number of rotatable bonds is 2. The number of nitrogens with zero attached hydrogens (tertiary/aromatic N) is 1. The average molecular weight is 260 g/mol. The molecule has 0 aromatic heterocycles. The van der Waals surface area contributed by atoms with Gasteiger partial charge in [-0.05, 0) is 18.2 Å². The number of aliphatic hydroxyl groups excluding tert-OH is 1. The Labute approximate surface area is 103 Å². The second kappa shape index (κ2) is 4.89. The van der Waals surface area contributed by atoms with Crippen molar-refractivity contribution in [2.75, 3.05) is 18.1 Å². The van der Waals surface area contributed by atoms with Crippen molar-refractivity contribution in [1.29, 1.82) is 0 Å². The van der Waals surface area contributed by atoms with Crippen molar-refractivity contribution >= 4 is 23.4 Å². The number of benzene rings is 1. The molecule has 0 spiro atoms. The lowest BCUT2D eigenvalue weighted by atomic mass is 10.2. The first-order valence-corrected chi connectivity index (χ1v) is 5.53. The quantitative estimate of drug-likeness (QED) is 0.886. The maximum absolute atomic E-state index is 13.0. The number of cyclic esters (lactones) is 1. The molecule has 1 fully saturated rings. The van der Waals surface area contributed by atoms with Crippen LogP contribution in [0, 0.1) is 5.82 Å². The third-order valence-electron chi connectivity index (χ3n) is 2.58. The van der Waals surface area contributed by atoms with Crippen LogP contribution in [-0.2, 0) is 4.74 Å². The molecule has 1 aliphatic rings. The van der Waals surface area contributed by atoms with Gasteiger partial charge in [0, 0.05) is 18.7 Å². The van der Waals surface area contributed by atoms with Crippen molar-refractivity contribution < 1.29 is 19.0 Å². The highest BCUT2D eigenvalue weighted by Crippen LogP contribution is 2.25. The fourth-order valence-corrected chi connectivity index (χ4v) is 1.82. The van der Waals surface area contributed by atoms with Crippen molar-refractivity contribution in [3.63, 3.8) is 0 Å². The predicted molar refractivity (Wildman–Crippen MR) is 60.7 cm³/mol. The summed E-state index contributed by atoms with van der Waals surface area (Å²) in [7, 11) is 0. The molecule has 1 heterocycles. The van der Waals surface area contributed by atoms with Crippen LogP contribution >= 0.6 is 11.6 Å². The molecule has 2 rings (SSSR count). The Bertz CT molecular complexity index is 441. The Morgan fingerprint density at radius 2 is 2.35 bits per heavy atom. The largest absolute Gasteiger partial charge is 0.443 e. The first kappa shape index (κ1) is 12.1. The fraction of sp³-hybridized carbons (Fsp3) is 0.364. The van der Waals surface area contributed by atoms with Crippen molar-refractivity contribution in [2.45, 2.75) is 12.5 Å². The lowest BCUT2D eigenvalue weighted by Crippen LogP contribution is -2.43. The van der Waals surface area contributed by atoms with Crippen LogP contribution in [0.2, 0.25) is 5.02 Å². The van der Waals surface area contributed by atoms with E-state index in [1.807, 2.05) is 0 Å². The summed E-state index contributed by atoms with van der Waals surface area (Å²) < 4.78 is 18.0. The zero-order valence-corrected chi connectivity index (χ0v) is 9.65. The van der Waals surface area contributed by atoms with Gasteiger partial charge in [-0.1, -0.05) is 11.6 Å². The van der Waals surface area contributed by atoms with Gasteiger partial charge in [-0.15, -0.1) is 0 Å². The van der Waals surface area contributed by atoms with Crippen LogP contribution in [0.4, 0.5) is 14.9 Å². The molecule has 1 aliphatic heterocycles. The minimum absolute atomic E-state index is 0.0421. The third-order valence-corrected chi connectivity index (χ3v) is 2.87. The molecule has 17 heavy (non-hydrogen) atoms. The molecule has 1 unspecified atom stereocenters. The number of hydrogen-bond donors (Lipinski definition) is 1. The standard InChI is InChI=1S/C11H11ClFNO3/c12-9-5-7(1-2-10(9)13)14-4-3-8(6-15)17-11(14)16/h1-2,5,8,15H,3-4,6H2. The second-order valence-electron chi connectivity index (χ2n) is 3.73. The number of carbonyl (C=O) groups excluding carboxylic acids is 1. The van der Waals surface area contributed by atoms with Crippen molar-refractivity contribution in [1.82, 2.24) is 0 Å². The van der Waals surface area contributed by atoms with Crippen molar-refractivity contribution in [3.05, 3.63) is 29.0 Å². The van der Waals surface area contributed by atoms with Crippen LogP contribution in [-0.4, -0.2) is 30.5 Å². The number of halogens is 2. The highest BCUT2D eigenvalue weighted by Gasteiger charge is 2.27. The van der Waals surface area contributed by atoms with E-state index in [2.05, 4.69) is 0 Å². The lowest BCUT2D eigenvalue weighted by Gasteiger charge is -2.30. The molecule has 92 valence electrons. The zero-order valence-electron chi connectivity index (χ0n) is 8.90. The minimum atomic E-state index is -0.557. The maximum atomic E-state index is 13.0. The van der Waals surface area contributed by atoms with Gasteiger partial charge in [0.2, 0.25) is 0 Å². The van der Waals surface area contributed by atoms with Crippen LogP contribution in [0.5, 0.6) is 0 Å². The Kier molecular flexibility index (Phi) is 3.49. The molecule has 6 heteroatoms. The normalized spacial score (nSPS) is 20.3. The molecule has 0 saturated carbocycles. The van der Waals surface area contributed by atoms with E-state index in [9.17, 15) is 9.18 Å². The summed E-state index contributed by atoms with van der Waals surface area (Å²) in [5.41, 5.74) is 0.484. The van der Waals surface area contributed by atoms with Gasteiger partial charge in [0.1, 0.15) is 11.9 Å². The van der Waals surface area contributed by atoms with Crippen LogP contribution in [0.15, 0.2) is 18.2 Å². The number of hydrogen-bond acceptors (Lipinski definition) is 3. The zero-order chi connectivity index (χ0) is 12.4. The first-order chi connectivity index (χ1) is 8.11. The molecule has 1 N–H and O–H groups in total. The molecular formula is C11H11ClFNO3. The maximum Gasteiger partial charge on any atom is 0.414 e. The van der Waals surface area contributed by atoms with E-state index in [0.29, 0.717) is 18.7 Å². The van der Waals surface area contributed by atoms with Crippen LogP contribution in [0.3, 0.4) is 0 Å².